The zero-order valence-electron chi connectivity index (χ0n) is 14.8. The number of rotatable bonds is 4. The number of nitriles is 1. The van der Waals surface area contributed by atoms with Crippen LogP contribution in [0, 0.1) is 17.1 Å². The molecule has 3 heterocycles. The highest BCUT2D eigenvalue weighted by molar-refractivity contribution is 5.78. The molecule has 1 atom stereocenters. The van der Waals surface area contributed by atoms with Crippen LogP contribution in [0.3, 0.4) is 0 Å². The lowest BCUT2D eigenvalue weighted by molar-refractivity contribution is 0.629. The summed E-state index contributed by atoms with van der Waals surface area (Å²) in [6.45, 7) is 1.87. The normalized spacial score (nSPS) is 11.9. The quantitative estimate of drug-likeness (QED) is 0.564. The number of aromatic nitrogens is 5. The van der Waals surface area contributed by atoms with Crippen LogP contribution in [0.2, 0.25) is 0 Å². The summed E-state index contributed by atoms with van der Waals surface area (Å²) in [5, 5.41) is 12.5. The second-order valence-corrected chi connectivity index (χ2v) is 6.10. The van der Waals surface area contributed by atoms with E-state index in [-0.39, 0.29) is 23.2 Å². The first-order chi connectivity index (χ1) is 13.6. The van der Waals surface area contributed by atoms with Crippen molar-refractivity contribution in [2.75, 3.05) is 11.1 Å². The summed E-state index contributed by atoms with van der Waals surface area (Å²) in [4.78, 5) is 16.6. The molecule has 4 aromatic rings. The molecule has 1 aromatic carbocycles. The van der Waals surface area contributed by atoms with Gasteiger partial charge in [-0.1, -0.05) is 0 Å². The number of pyridine rings is 1. The highest BCUT2D eigenvalue weighted by atomic mass is 19.1. The van der Waals surface area contributed by atoms with Gasteiger partial charge in [-0.15, -0.1) is 0 Å². The largest absolute Gasteiger partial charge is 0.382 e. The molecular formula is C19H15FN8. The number of hydrogen-bond acceptors (Lipinski definition) is 7. The molecule has 0 aliphatic heterocycles. The maximum Gasteiger partial charge on any atom is 0.150 e. The first-order valence-electron chi connectivity index (χ1n) is 8.44. The Labute approximate surface area is 159 Å². The van der Waals surface area contributed by atoms with Crippen LogP contribution in [0.5, 0.6) is 0 Å². The van der Waals surface area contributed by atoms with Gasteiger partial charge in [0.05, 0.1) is 22.8 Å². The zero-order valence-corrected chi connectivity index (χ0v) is 14.8. The molecule has 0 spiro atoms. The average Bonchev–Trinajstić information content (AvgIpc) is 3.07. The molecule has 0 saturated heterocycles. The Morgan fingerprint density at radius 1 is 1.21 bits per heavy atom. The summed E-state index contributed by atoms with van der Waals surface area (Å²) >= 11 is 0. The molecule has 8 nitrogen and oxygen atoms in total. The van der Waals surface area contributed by atoms with Gasteiger partial charge in [-0.3, -0.25) is 9.55 Å². The van der Waals surface area contributed by atoms with Gasteiger partial charge in [0.15, 0.2) is 0 Å². The van der Waals surface area contributed by atoms with Crippen LogP contribution >= 0.6 is 0 Å². The lowest BCUT2D eigenvalue weighted by atomic mass is 10.2. The van der Waals surface area contributed by atoms with Crippen molar-refractivity contribution >= 4 is 22.7 Å². The van der Waals surface area contributed by atoms with Gasteiger partial charge in [-0.25, -0.2) is 19.3 Å². The van der Waals surface area contributed by atoms with E-state index in [4.69, 9.17) is 5.73 Å². The number of hydrogen-bond donors (Lipinski definition) is 2. The fourth-order valence-corrected chi connectivity index (χ4v) is 3.01. The molecule has 3 N–H and O–H groups in total. The first kappa shape index (κ1) is 17.4. The van der Waals surface area contributed by atoms with Crippen LogP contribution < -0.4 is 11.1 Å². The number of nitrogens with two attached hydrogens (primary N) is 1. The van der Waals surface area contributed by atoms with Crippen molar-refractivity contribution in [3.63, 3.8) is 0 Å². The molecule has 0 radical (unpaired) electrons. The molecule has 3 aromatic heterocycles. The van der Waals surface area contributed by atoms with Gasteiger partial charge in [0.1, 0.15) is 41.2 Å². The van der Waals surface area contributed by atoms with Gasteiger partial charge in [0.2, 0.25) is 0 Å². The minimum Gasteiger partial charge on any atom is -0.382 e. The highest BCUT2D eigenvalue weighted by Crippen LogP contribution is 2.28. The third kappa shape index (κ3) is 2.97. The van der Waals surface area contributed by atoms with Crippen molar-refractivity contribution in [2.24, 2.45) is 0 Å². The van der Waals surface area contributed by atoms with E-state index in [1.165, 1.54) is 18.5 Å². The number of anilines is 2. The van der Waals surface area contributed by atoms with Gasteiger partial charge < -0.3 is 11.1 Å². The Kier molecular flexibility index (Phi) is 4.29. The fraction of sp³-hybridized carbons (Fsp3) is 0.105. The van der Waals surface area contributed by atoms with Crippen LogP contribution in [-0.2, 0) is 0 Å². The van der Waals surface area contributed by atoms with Gasteiger partial charge in [0, 0.05) is 18.5 Å². The second-order valence-electron chi connectivity index (χ2n) is 6.10. The number of nitrogen functional groups attached to an aromatic ring is 1. The number of benzene rings is 1. The molecule has 0 bridgehead atoms. The lowest BCUT2D eigenvalue weighted by Crippen LogP contribution is -2.15. The van der Waals surface area contributed by atoms with Crippen molar-refractivity contribution in [3.8, 4) is 11.8 Å². The van der Waals surface area contributed by atoms with Crippen molar-refractivity contribution in [3.05, 3.63) is 66.3 Å². The summed E-state index contributed by atoms with van der Waals surface area (Å²) in [7, 11) is 0. The van der Waals surface area contributed by atoms with E-state index in [1.54, 1.807) is 18.5 Å². The minimum absolute atomic E-state index is 0.0944. The Morgan fingerprint density at radius 2 is 2.00 bits per heavy atom. The standard InChI is InChI=1S/C19H15FN8/c1-11(26-18-14(9-21)17(22)24-10-25-18)19-27-15-3-2-12(20)8-16(15)28(19)13-4-6-23-7-5-13/h2-8,10-11H,1H3,(H3,22,24,25,26)/t11-/m0/s1. The third-order valence-corrected chi connectivity index (χ3v) is 4.29. The molecule has 0 aliphatic carbocycles. The van der Waals surface area contributed by atoms with Crippen LogP contribution in [0.1, 0.15) is 24.4 Å². The maximum absolute atomic E-state index is 13.9. The van der Waals surface area contributed by atoms with Gasteiger partial charge in [0.25, 0.3) is 0 Å². The number of nitrogens with one attached hydrogen (secondary N) is 1. The monoisotopic (exact) mass is 374 g/mol. The minimum atomic E-state index is -0.370. The summed E-state index contributed by atoms with van der Waals surface area (Å²) in [5.41, 5.74) is 7.97. The topological polar surface area (TPSA) is 118 Å². The summed E-state index contributed by atoms with van der Waals surface area (Å²) in [6.07, 6.45) is 4.59. The predicted molar refractivity (Wildman–Crippen MR) is 102 cm³/mol. The van der Waals surface area contributed by atoms with E-state index in [0.29, 0.717) is 22.7 Å². The van der Waals surface area contributed by atoms with Crippen molar-refractivity contribution in [1.82, 2.24) is 24.5 Å². The Bertz CT molecular complexity index is 1200. The molecule has 0 saturated carbocycles. The number of halogens is 1. The summed E-state index contributed by atoms with van der Waals surface area (Å²) in [5.74, 6) is 0.664. The number of nitrogens with zero attached hydrogens (tertiary/aromatic N) is 6. The Balaban J connectivity index is 1.85. The molecule has 0 fully saturated rings. The molecule has 9 heteroatoms. The van der Waals surface area contributed by atoms with E-state index < -0.39 is 0 Å². The van der Waals surface area contributed by atoms with E-state index in [0.717, 1.165) is 5.69 Å². The van der Waals surface area contributed by atoms with Crippen molar-refractivity contribution in [1.29, 1.82) is 5.26 Å². The van der Waals surface area contributed by atoms with Crippen LogP contribution in [0.4, 0.5) is 16.0 Å². The summed E-state index contributed by atoms with van der Waals surface area (Å²) < 4.78 is 15.7. The molecule has 138 valence electrons. The predicted octanol–water partition coefficient (Wildman–Crippen LogP) is 2.98. The summed E-state index contributed by atoms with van der Waals surface area (Å²) in [6, 6.07) is 9.68. The molecule has 28 heavy (non-hydrogen) atoms. The number of imidazole rings is 1. The highest BCUT2D eigenvalue weighted by Gasteiger charge is 2.20. The third-order valence-electron chi connectivity index (χ3n) is 4.29. The molecule has 0 amide bonds. The first-order valence-corrected chi connectivity index (χ1v) is 8.44. The Hall–Kier alpha value is -4.06. The molecule has 4 rings (SSSR count). The maximum atomic E-state index is 13.9. The van der Waals surface area contributed by atoms with Crippen LogP contribution in [-0.4, -0.2) is 24.5 Å². The average molecular weight is 374 g/mol. The zero-order chi connectivity index (χ0) is 19.7. The fourth-order valence-electron chi connectivity index (χ4n) is 3.01. The van der Waals surface area contributed by atoms with E-state index in [9.17, 15) is 9.65 Å². The van der Waals surface area contributed by atoms with Crippen LogP contribution in [0.15, 0.2) is 49.1 Å². The van der Waals surface area contributed by atoms with Gasteiger partial charge in [-0.2, -0.15) is 5.26 Å². The van der Waals surface area contributed by atoms with Crippen LogP contribution in [0.25, 0.3) is 16.7 Å². The van der Waals surface area contributed by atoms with Crippen molar-refractivity contribution < 1.29 is 4.39 Å². The Morgan fingerprint density at radius 3 is 2.75 bits per heavy atom. The van der Waals surface area contributed by atoms with E-state index in [2.05, 4.69) is 25.3 Å². The van der Waals surface area contributed by atoms with E-state index in [1.807, 2.05) is 29.7 Å². The van der Waals surface area contributed by atoms with Gasteiger partial charge >= 0.3 is 0 Å². The second kappa shape index (κ2) is 6.92. The molecule has 0 aliphatic rings. The number of fused-ring (bicyclic) bond motifs is 1. The molecule has 0 unspecified atom stereocenters. The van der Waals surface area contributed by atoms with Gasteiger partial charge in [-0.05, 0) is 31.2 Å². The smallest absolute Gasteiger partial charge is 0.150 e. The SMILES string of the molecule is C[C@H](Nc1ncnc(N)c1C#N)c1nc2ccc(F)cc2n1-c1ccncc1. The lowest BCUT2D eigenvalue weighted by Gasteiger charge is -2.17. The van der Waals surface area contributed by atoms with E-state index >= 15 is 0 Å². The van der Waals surface area contributed by atoms with Crippen molar-refractivity contribution in [2.45, 2.75) is 13.0 Å². The molecular weight excluding hydrogens is 359 g/mol.